The van der Waals surface area contributed by atoms with Crippen LogP contribution in [0.15, 0.2) is 0 Å². The molecule has 1 N–H and O–H groups in total. The van der Waals surface area contributed by atoms with E-state index in [2.05, 4.69) is 29.4 Å². The zero-order valence-corrected chi connectivity index (χ0v) is 13.8. The summed E-state index contributed by atoms with van der Waals surface area (Å²) in [5.74, 6) is 1.72. The minimum Gasteiger partial charge on any atom is -0.358 e. The number of likely N-dealkylation sites (N-methyl/N-ethyl adjacent to an activating group) is 2. The summed E-state index contributed by atoms with van der Waals surface area (Å²) in [7, 11) is 3.24. The van der Waals surface area contributed by atoms with Crippen LogP contribution in [0.2, 0.25) is 0 Å². The Balaban J connectivity index is 2.29. The fourth-order valence-electron chi connectivity index (χ4n) is 2.85. The molecule has 122 valence electrons. The predicted octanol–water partition coefficient (Wildman–Crippen LogP) is 0.873. The molecule has 2 rings (SSSR count). The molecule has 1 aromatic rings. The summed E-state index contributed by atoms with van der Waals surface area (Å²) < 4.78 is 2.00. The van der Waals surface area contributed by atoms with Crippen molar-refractivity contribution in [1.82, 2.24) is 25.0 Å². The Kier molecular flexibility index (Phi) is 5.15. The summed E-state index contributed by atoms with van der Waals surface area (Å²) in [6.45, 7) is 4.18. The van der Waals surface area contributed by atoms with Crippen molar-refractivity contribution in [3.8, 4) is 0 Å². The average Bonchev–Trinajstić information content (AvgIpc) is 2.80. The third kappa shape index (κ3) is 3.28. The lowest BCUT2D eigenvalue weighted by Gasteiger charge is -2.25. The summed E-state index contributed by atoms with van der Waals surface area (Å²) in [6, 6.07) is -0.306. The number of nitrogens with zero attached hydrogens (tertiary/aromatic N) is 4. The highest BCUT2D eigenvalue weighted by molar-refractivity contribution is 5.86. The molecule has 0 saturated heterocycles. The van der Waals surface area contributed by atoms with Crippen molar-refractivity contribution in [1.29, 1.82) is 0 Å². The van der Waals surface area contributed by atoms with E-state index in [9.17, 15) is 9.59 Å². The zero-order valence-electron chi connectivity index (χ0n) is 13.8. The number of fused-ring (bicyclic) bond motifs is 1. The summed E-state index contributed by atoms with van der Waals surface area (Å²) in [6.07, 6.45) is 3.61. The second kappa shape index (κ2) is 6.89. The van der Waals surface area contributed by atoms with Gasteiger partial charge in [-0.3, -0.25) is 9.59 Å². The predicted molar refractivity (Wildman–Crippen MR) is 82.4 cm³/mol. The number of hydrogen-bond acceptors (Lipinski definition) is 4. The molecule has 0 fully saturated rings. The van der Waals surface area contributed by atoms with Crippen LogP contribution in [0.4, 0.5) is 0 Å². The molecule has 0 radical (unpaired) electrons. The van der Waals surface area contributed by atoms with E-state index in [1.807, 2.05) is 4.57 Å². The topological polar surface area (TPSA) is 80.1 Å². The van der Waals surface area contributed by atoms with Crippen molar-refractivity contribution in [2.24, 2.45) is 0 Å². The van der Waals surface area contributed by atoms with Gasteiger partial charge in [0.2, 0.25) is 11.8 Å². The van der Waals surface area contributed by atoms with E-state index in [4.69, 9.17) is 0 Å². The van der Waals surface area contributed by atoms with Gasteiger partial charge in [0, 0.05) is 26.4 Å². The van der Waals surface area contributed by atoms with Crippen LogP contribution >= 0.6 is 0 Å². The van der Waals surface area contributed by atoms with Gasteiger partial charge in [0.05, 0.1) is 6.54 Å². The van der Waals surface area contributed by atoms with Gasteiger partial charge >= 0.3 is 0 Å². The lowest BCUT2D eigenvalue weighted by atomic mass is 10.1. The van der Waals surface area contributed by atoms with Gasteiger partial charge in [-0.05, 0) is 12.8 Å². The standard InChI is InChI=1S/C15H25N5O2/c1-10(2)14-18-17-12-8-6-5-7-11(20(12)14)15(22)19(4)9-13(21)16-3/h10-11H,5-9H2,1-4H3,(H,16,21). The fourth-order valence-corrected chi connectivity index (χ4v) is 2.85. The maximum absolute atomic E-state index is 12.8. The second-order valence-electron chi connectivity index (χ2n) is 6.13. The molecule has 1 aliphatic heterocycles. The Morgan fingerprint density at radius 2 is 2.09 bits per heavy atom. The molecule has 1 aromatic heterocycles. The molecule has 1 atom stereocenters. The number of amides is 2. The van der Waals surface area contributed by atoms with Gasteiger partial charge in [-0.25, -0.2) is 0 Å². The lowest BCUT2D eigenvalue weighted by molar-refractivity contribution is -0.137. The van der Waals surface area contributed by atoms with Crippen LogP contribution in [0.3, 0.4) is 0 Å². The first-order chi connectivity index (χ1) is 10.5. The van der Waals surface area contributed by atoms with Crippen molar-refractivity contribution in [3.63, 3.8) is 0 Å². The molecule has 0 aromatic carbocycles. The molecule has 7 nitrogen and oxygen atoms in total. The molecule has 1 aliphatic rings. The van der Waals surface area contributed by atoms with E-state index in [1.54, 1.807) is 14.1 Å². The molecular weight excluding hydrogens is 282 g/mol. The van der Waals surface area contributed by atoms with Gasteiger partial charge in [0.15, 0.2) is 0 Å². The highest BCUT2D eigenvalue weighted by atomic mass is 16.2. The van der Waals surface area contributed by atoms with E-state index in [0.29, 0.717) is 0 Å². The van der Waals surface area contributed by atoms with E-state index in [-0.39, 0.29) is 30.3 Å². The van der Waals surface area contributed by atoms with Crippen molar-refractivity contribution >= 4 is 11.8 Å². The van der Waals surface area contributed by atoms with Gasteiger partial charge in [0.25, 0.3) is 0 Å². The Hall–Kier alpha value is -1.92. The summed E-state index contributed by atoms with van der Waals surface area (Å²) in [5, 5.41) is 11.1. The van der Waals surface area contributed by atoms with Crippen molar-refractivity contribution in [3.05, 3.63) is 11.6 Å². The van der Waals surface area contributed by atoms with Crippen LogP contribution in [0.1, 0.15) is 56.7 Å². The Morgan fingerprint density at radius 3 is 2.73 bits per heavy atom. The van der Waals surface area contributed by atoms with E-state index in [0.717, 1.165) is 37.3 Å². The van der Waals surface area contributed by atoms with Gasteiger partial charge in [-0.15, -0.1) is 10.2 Å². The van der Waals surface area contributed by atoms with Gasteiger partial charge in [0.1, 0.15) is 17.7 Å². The molecule has 0 bridgehead atoms. The minimum atomic E-state index is -0.306. The first-order valence-corrected chi connectivity index (χ1v) is 7.85. The Morgan fingerprint density at radius 1 is 1.36 bits per heavy atom. The van der Waals surface area contributed by atoms with E-state index >= 15 is 0 Å². The number of carbonyl (C=O) groups excluding carboxylic acids is 2. The highest BCUT2D eigenvalue weighted by Gasteiger charge is 2.31. The van der Waals surface area contributed by atoms with Crippen LogP contribution < -0.4 is 5.32 Å². The molecule has 0 saturated carbocycles. The molecule has 22 heavy (non-hydrogen) atoms. The molecule has 2 amide bonds. The smallest absolute Gasteiger partial charge is 0.245 e. The summed E-state index contributed by atoms with van der Waals surface area (Å²) in [4.78, 5) is 25.8. The van der Waals surface area contributed by atoms with Crippen LogP contribution in [-0.4, -0.2) is 52.1 Å². The highest BCUT2D eigenvalue weighted by Crippen LogP contribution is 2.28. The molecule has 7 heteroatoms. The van der Waals surface area contributed by atoms with Crippen LogP contribution in [0.25, 0.3) is 0 Å². The summed E-state index contributed by atoms with van der Waals surface area (Å²) >= 11 is 0. The van der Waals surface area contributed by atoms with E-state index in [1.165, 1.54) is 4.90 Å². The fraction of sp³-hybridized carbons (Fsp3) is 0.733. The number of rotatable bonds is 4. The molecule has 2 heterocycles. The largest absolute Gasteiger partial charge is 0.358 e. The van der Waals surface area contributed by atoms with Gasteiger partial charge in [-0.1, -0.05) is 20.3 Å². The number of aromatic nitrogens is 3. The average molecular weight is 307 g/mol. The lowest BCUT2D eigenvalue weighted by Crippen LogP contribution is -2.41. The number of hydrogen-bond donors (Lipinski definition) is 1. The normalized spacial score (nSPS) is 17.8. The van der Waals surface area contributed by atoms with Crippen molar-refractivity contribution in [2.75, 3.05) is 20.6 Å². The second-order valence-corrected chi connectivity index (χ2v) is 6.13. The van der Waals surface area contributed by atoms with Crippen LogP contribution in [0, 0.1) is 0 Å². The SMILES string of the molecule is CNC(=O)CN(C)C(=O)C1CCCCc2nnc(C(C)C)n21. The van der Waals surface area contributed by atoms with Crippen molar-refractivity contribution in [2.45, 2.75) is 51.5 Å². The maximum Gasteiger partial charge on any atom is 0.245 e. The third-order valence-corrected chi connectivity index (χ3v) is 4.07. The Bertz CT molecular complexity index is 552. The van der Waals surface area contributed by atoms with Crippen LogP contribution in [-0.2, 0) is 16.0 Å². The third-order valence-electron chi connectivity index (χ3n) is 4.07. The molecule has 1 unspecified atom stereocenters. The Labute approximate surface area is 131 Å². The first kappa shape index (κ1) is 16.5. The summed E-state index contributed by atoms with van der Waals surface area (Å²) in [5.41, 5.74) is 0. The van der Waals surface area contributed by atoms with Gasteiger partial charge in [-0.2, -0.15) is 0 Å². The maximum atomic E-state index is 12.8. The first-order valence-electron chi connectivity index (χ1n) is 7.85. The molecular formula is C15H25N5O2. The minimum absolute atomic E-state index is 0.0477. The van der Waals surface area contributed by atoms with Gasteiger partial charge < -0.3 is 14.8 Å². The number of carbonyl (C=O) groups is 2. The number of nitrogens with one attached hydrogen (secondary N) is 1. The van der Waals surface area contributed by atoms with Crippen LogP contribution in [0.5, 0.6) is 0 Å². The quantitative estimate of drug-likeness (QED) is 0.895. The zero-order chi connectivity index (χ0) is 16.3. The van der Waals surface area contributed by atoms with E-state index < -0.39 is 0 Å². The van der Waals surface area contributed by atoms with Crippen molar-refractivity contribution < 1.29 is 9.59 Å². The monoisotopic (exact) mass is 307 g/mol. The molecule has 0 aliphatic carbocycles. The number of aryl methyl sites for hydroxylation is 1. The molecule has 0 spiro atoms.